The van der Waals surface area contributed by atoms with Gasteiger partial charge in [0.1, 0.15) is 17.8 Å². The van der Waals surface area contributed by atoms with Gasteiger partial charge in [0, 0.05) is 0 Å². The van der Waals surface area contributed by atoms with E-state index in [1.807, 2.05) is 44.2 Å². The molecule has 5 atom stereocenters. The lowest BCUT2D eigenvalue weighted by Crippen LogP contribution is -2.59. The number of aliphatic hydroxyl groups is 2. The van der Waals surface area contributed by atoms with Crippen LogP contribution in [0.4, 0.5) is 4.79 Å². The number of hydrogen-bond donors (Lipinski definition) is 5. The molecule has 0 aromatic heterocycles. The summed E-state index contributed by atoms with van der Waals surface area (Å²) in [5, 5.41) is 28.1. The van der Waals surface area contributed by atoms with Crippen LogP contribution in [0.15, 0.2) is 30.3 Å². The first-order valence-electron chi connectivity index (χ1n) is 13.9. The summed E-state index contributed by atoms with van der Waals surface area (Å²) in [7, 11) is 0. The number of carbonyl (C=O) groups excluding carboxylic acids is 2. The summed E-state index contributed by atoms with van der Waals surface area (Å²) in [5.74, 6) is 0.0167. The fourth-order valence-electron chi connectivity index (χ4n) is 4.79. The molecule has 0 heterocycles. The Morgan fingerprint density at radius 1 is 1.03 bits per heavy atom. The lowest BCUT2D eigenvalue weighted by Gasteiger charge is -2.35. The molecule has 1 aromatic carbocycles. The monoisotopic (exact) mass is 535 g/mol. The number of carbonyl (C=O) groups is 2. The Labute approximate surface area is 227 Å². The molecular formula is C29H49N3O6. The number of rotatable bonds is 13. The maximum Gasteiger partial charge on any atom is 0.407 e. The van der Waals surface area contributed by atoms with Crippen molar-refractivity contribution in [3.63, 3.8) is 0 Å². The number of nitrogens with one attached hydrogen (secondary N) is 2. The van der Waals surface area contributed by atoms with Gasteiger partial charge < -0.3 is 36.1 Å². The summed E-state index contributed by atoms with van der Waals surface area (Å²) >= 11 is 0. The molecule has 9 heteroatoms. The van der Waals surface area contributed by atoms with Crippen LogP contribution in [0.2, 0.25) is 0 Å². The van der Waals surface area contributed by atoms with Crippen molar-refractivity contribution in [2.75, 3.05) is 0 Å². The smallest absolute Gasteiger partial charge is 0.407 e. The summed E-state index contributed by atoms with van der Waals surface area (Å²) in [4.78, 5) is 25.5. The third-order valence-electron chi connectivity index (χ3n) is 6.71. The molecule has 1 unspecified atom stereocenters. The van der Waals surface area contributed by atoms with E-state index in [0.717, 1.165) is 31.2 Å². The highest BCUT2D eigenvalue weighted by Gasteiger charge is 2.37. The molecule has 1 fully saturated rings. The fraction of sp³-hybridized carbons (Fsp3) is 0.724. The summed E-state index contributed by atoms with van der Waals surface area (Å²) in [6, 6.07) is 7.74. The second-order valence-electron chi connectivity index (χ2n) is 11.9. The van der Waals surface area contributed by atoms with E-state index < -0.39 is 48.1 Å². The molecule has 1 saturated carbocycles. The van der Waals surface area contributed by atoms with Gasteiger partial charge in [-0.1, -0.05) is 76.3 Å². The van der Waals surface area contributed by atoms with Crippen LogP contribution in [0.1, 0.15) is 85.1 Å². The van der Waals surface area contributed by atoms with E-state index >= 15 is 0 Å². The van der Waals surface area contributed by atoms with Crippen LogP contribution in [-0.2, 0) is 20.9 Å². The number of nitrogens with two attached hydrogens (primary N) is 1. The Balaban J connectivity index is 2.21. The molecule has 2 rings (SSSR count). The van der Waals surface area contributed by atoms with Gasteiger partial charge in [0.05, 0.1) is 18.7 Å². The Bertz CT molecular complexity index is 838. The molecule has 0 bridgehead atoms. The minimum absolute atomic E-state index is 0.0990. The third kappa shape index (κ3) is 11.7. The molecule has 2 amide bonds. The number of ether oxygens (including phenoxy) is 2. The Kier molecular flexibility index (Phi) is 13.0. The zero-order valence-electron chi connectivity index (χ0n) is 23.7. The Hall–Kier alpha value is -2.20. The minimum Gasteiger partial charge on any atom is -0.444 e. The number of hydrogen-bond acceptors (Lipinski definition) is 7. The average molecular weight is 536 g/mol. The predicted molar refractivity (Wildman–Crippen MR) is 147 cm³/mol. The van der Waals surface area contributed by atoms with Crippen molar-refractivity contribution >= 4 is 12.0 Å². The van der Waals surface area contributed by atoms with Gasteiger partial charge in [0.15, 0.2) is 6.23 Å². The lowest BCUT2D eigenvalue weighted by molar-refractivity contribution is -0.143. The van der Waals surface area contributed by atoms with Crippen molar-refractivity contribution in [1.82, 2.24) is 10.6 Å². The van der Waals surface area contributed by atoms with Gasteiger partial charge in [-0.3, -0.25) is 4.79 Å². The zero-order valence-corrected chi connectivity index (χ0v) is 23.7. The van der Waals surface area contributed by atoms with E-state index in [4.69, 9.17) is 15.2 Å². The molecule has 1 aliphatic rings. The van der Waals surface area contributed by atoms with Crippen molar-refractivity contribution in [3.8, 4) is 0 Å². The fourth-order valence-corrected chi connectivity index (χ4v) is 4.79. The third-order valence-corrected chi connectivity index (χ3v) is 6.71. The highest BCUT2D eigenvalue weighted by molar-refractivity contribution is 5.81. The lowest BCUT2D eigenvalue weighted by atomic mass is 9.83. The molecule has 0 spiro atoms. The van der Waals surface area contributed by atoms with Crippen LogP contribution in [0.25, 0.3) is 0 Å². The zero-order chi connectivity index (χ0) is 28.3. The van der Waals surface area contributed by atoms with Gasteiger partial charge in [-0.05, 0) is 51.0 Å². The first-order valence-corrected chi connectivity index (χ1v) is 13.9. The van der Waals surface area contributed by atoms with Gasteiger partial charge in [0.2, 0.25) is 5.91 Å². The molecule has 216 valence electrons. The SMILES string of the molecule is CC(C)C[C@H](N)C(=O)NC(OCc1ccccc1)[C@@H](O)[C@H](O)[C@H](CC1CCCCC1)NC(=O)OC(C)(C)C. The number of aliphatic hydroxyl groups excluding tert-OH is 2. The van der Waals surface area contributed by atoms with Gasteiger partial charge in [-0.15, -0.1) is 0 Å². The van der Waals surface area contributed by atoms with Gasteiger partial charge in [0.25, 0.3) is 0 Å². The Morgan fingerprint density at radius 2 is 1.66 bits per heavy atom. The molecule has 1 aromatic rings. The number of benzene rings is 1. The maximum atomic E-state index is 12.8. The normalized spacial score (nSPS) is 18.8. The number of alkyl carbamates (subject to hydrolysis) is 1. The second-order valence-corrected chi connectivity index (χ2v) is 11.9. The van der Waals surface area contributed by atoms with Crippen molar-refractivity contribution in [3.05, 3.63) is 35.9 Å². The largest absolute Gasteiger partial charge is 0.444 e. The van der Waals surface area contributed by atoms with Gasteiger partial charge >= 0.3 is 6.09 Å². The first-order chi connectivity index (χ1) is 17.9. The quantitative estimate of drug-likeness (QED) is 0.243. The molecule has 9 nitrogen and oxygen atoms in total. The van der Waals surface area contributed by atoms with E-state index in [2.05, 4.69) is 10.6 Å². The van der Waals surface area contributed by atoms with E-state index in [0.29, 0.717) is 18.8 Å². The number of amides is 2. The summed E-state index contributed by atoms with van der Waals surface area (Å²) in [6.07, 6.45) is 1.40. The summed E-state index contributed by atoms with van der Waals surface area (Å²) in [5.41, 5.74) is 6.19. The summed E-state index contributed by atoms with van der Waals surface area (Å²) < 4.78 is 11.3. The average Bonchev–Trinajstić information content (AvgIpc) is 2.84. The predicted octanol–water partition coefficient (Wildman–Crippen LogP) is 3.60. The van der Waals surface area contributed by atoms with Crippen LogP contribution in [0, 0.1) is 11.8 Å². The molecule has 1 aliphatic carbocycles. The van der Waals surface area contributed by atoms with Crippen molar-refractivity contribution < 1.29 is 29.3 Å². The first kappa shape index (κ1) is 32.0. The van der Waals surface area contributed by atoms with Crippen LogP contribution < -0.4 is 16.4 Å². The van der Waals surface area contributed by atoms with Gasteiger partial charge in [-0.2, -0.15) is 0 Å². The molecular weight excluding hydrogens is 486 g/mol. The van der Waals surface area contributed by atoms with E-state index in [1.54, 1.807) is 20.8 Å². The maximum absolute atomic E-state index is 12.8. The molecule has 38 heavy (non-hydrogen) atoms. The van der Waals surface area contributed by atoms with E-state index in [9.17, 15) is 19.8 Å². The van der Waals surface area contributed by atoms with Crippen LogP contribution >= 0.6 is 0 Å². The summed E-state index contributed by atoms with van der Waals surface area (Å²) in [6.45, 7) is 9.31. The highest BCUT2D eigenvalue weighted by Crippen LogP contribution is 2.29. The Morgan fingerprint density at radius 3 is 2.24 bits per heavy atom. The van der Waals surface area contributed by atoms with Crippen LogP contribution in [0.5, 0.6) is 0 Å². The van der Waals surface area contributed by atoms with Crippen molar-refractivity contribution in [1.29, 1.82) is 0 Å². The topological polar surface area (TPSA) is 143 Å². The van der Waals surface area contributed by atoms with Gasteiger partial charge in [-0.25, -0.2) is 4.79 Å². The van der Waals surface area contributed by atoms with Crippen LogP contribution in [-0.4, -0.2) is 58.3 Å². The second kappa shape index (κ2) is 15.4. The minimum atomic E-state index is -1.53. The van der Waals surface area contributed by atoms with Crippen molar-refractivity contribution in [2.24, 2.45) is 17.6 Å². The molecule has 0 saturated heterocycles. The van der Waals surface area contributed by atoms with Crippen molar-refractivity contribution in [2.45, 2.75) is 122 Å². The molecule has 0 radical (unpaired) electrons. The van der Waals surface area contributed by atoms with Crippen LogP contribution in [0.3, 0.4) is 0 Å². The molecule has 6 N–H and O–H groups in total. The highest BCUT2D eigenvalue weighted by atomic mass is 16.6. The van der Waals surface area contributed by atoms with E-state index in [-0.39, 0.29) is 12.5 Å². The molecule has 0 aliphatic heterocycles. The standard InChI is InChI=1S/C29H49N3O6/c1-19(2)16-22(30)26(35)32-27(37-18-21-14-10-7-11-15-21)25(34)24(33)23(17-20-12-8-6-9-13-20)31-28(36)38-29(3,4)5/h7,10-11,14-15,19-20,22-25,27,33-34H,6,8-9,12-13,16-18,30H2,1-5H3,(H,31,36)(H,32,35)/t22-,23-,24+,25-,27?/m0/s1. The van der Waals surface area contributed by atoms with E-state index in [1.165, 1.54) is 6.42 Å².